The fourth-order valence-electron chi connectivity index (χ4n) is 2.16. The highest BCUT2D eigenvalue weighted by molar-refractivity contribution is 5.08. The maximum atomic E-state index is 9.10. The molecule has 1 aromatic rings. The molecule has 3 heteroatoms. The molecular weight excluding hydrogens is 176 g/mol. The van der Waals surface area contributed by atoms with Crippen LogP contribution < -0.4 is 0 Å². The molecule has 1 aliphatic rings. The summed E-state index contributed by atoms with van der Waals surface area (Å²) in [5, 5.41) is 9.10. The topological polar surface area (TPSA) is 39.3 Å². The SMILES string of the molecule is OCC1CCCN(Cc2cc[nH]c2)C1. The van der Waals surface area contributed by atoms with Crippen molar-refractivity contribution in [2.45, 2.75) is 19.4 Å². The summed E-state index contributed by atoms with van der Waals surface area (Å²) in [6, 6.07) is 2.11. The van der Waals surface area contributed by atoms with Crippen molar-refractivity contribution in [2.75, 3.05) is 19.7 Å². The molecule has 3 nitrogen and oxygen atoms in total. The van der Waals surface area contributed by atoms with Crippen LogP contribution in [-0.2, 0) is 6.54 Å². The van der Waals surface area contributed by atoms with Crippen LogP contribution in [0.2, 0.25) is 0 Å². The molecule has 1 aromatic heterocycles. The highest BCUT2D eigenvalue weighted by atomic mass is 16.3. The van der Waals surface area contributed by atoms with E-state index in [-0.39, 0.29) is 0 Å². The Labute approximate surface area is 84.7 Å². The number of hydrogen-bond acceptors (Lipinski definition) is 2. The molecule has 2 heterocycles. The average molecular weight is 194 g/mol. The number of nitrogens with one attached hydrogen (secondary N) is 1. The van der Waals surface area contributed by atoms with E-state index in [1.165, 1.54) is 24.9 Å². The summed E-state index contributed by atoms with van der Waals surface area (Å²) in [6.45, 7) is 3.56. The van der Waals surface area contributed by atoms with Crippen molar-refractivity contribution in [2.24, 2.45) is 5.92 Å². The van der Waals surface area contributed by atoms with Crippen molar-refractivity contribution in [3.05, 3.63) is 24.0 Å². The van der Waals surface area contributed by atoms with Gasteiger partial charge in [-0.05, 0) is 36.9 Å². The first-order valence-corrected chi connectivity index (χ1v) is 5.33. The van der Waals surface area contributed by atoms with E-state index >= 15 is 0 Å². The fraction of sp³-hybridized carbons (Fsp3) is 0.636. The maximum absolute atomic E-state index is 9.10. The second-order valence-electron chi connectivity index (χ2n) is 4.15. The number of piperidine rings is 1. The Morgan fingerprint density at radius 2 is 2.50 bits per heavy atom. The van der Waals surface area contributed by atoms with Crippen LogP contribution in [0.1, 0.15) is 18.4 Å². The lowest BCUT2D eigenvalue weighted by atomic mass is 9.99. The lowest BCUT2D eigenvalue weighted by molar-refractivity contribution is 0.116. The Hall–Kier alpha value is -0.800. The van der Waals surface area contributed by atoms with Gasteiger partial charge in [0.05, 0.1) is 0 Å². The van der Waals surface area contributed by atoms with Crippen LogP contribution >= 0.6 is 0 Å². The Morgan fingerprint density at radius 3 is 3.21 bits per heavy atom. The first kappa shape index (κ1) is 9.74. The number of aliphatic hydroxyl groups excluding tert-OH is 1. The Morgan fingerprint density at radius 1 is 1.57 bits per heavy atom. The minimum atomic E-state index is 0.337. The molecule has 0 spiro atoms. The van der Waals surface area contributed by atoms with Crippen LogP contribution in [0.3, 0.4) is 0 Å². The standard InChI is InChI=1S/C11H18N2O/c14-9-11-2-1-5-13(8-11)7-10-3-4-12-6-10/h3-4,6,11-12,14H,1-2,5,7-9H2. The van der Waals surface area contributed by atoms with E-state index in [4.69, 9.17) is 5.11 Å². The van der Waals surface area contributed by atoms with Gasteiger partial charge in [0.15, 0.2) is 0 Å². The molecule has 0 bridgehead atoms. The maximum Gasteiger partial charge on any atom is 0.0471 e. The van der Waals surface area contributed by atoms with E-state index in [1.54, 1.807) is 0 Å². The van der Waals surface area contributed by atoms with E-state index in [1.807, 2.05) is 12.4 Å². The minimum Gasteiger partial charge on any atom is -0.396 e. The molecule has 0 amide bonds. The van der Waals surface area contributed by atoms with E-state index in [2.05, 4.69) is 16.0 Å². The molecule has 1 saturated heterocycles. The zero-order valence-electron chi connectivity index (χ0n) is 8.45. The summed E-state index contributed by atoms with van der Waals surface area (Å²) >= 11 is 0. The molecule has 14 heavy (non-hydrogen) atoms. The molecule has 1 unspecified atom stereocenters. The van der Waals surface area contributed by atoms with E-state index in [9.17, 15) is 0 Å². The summed E-state index contributed by atoms with van der Waals surface area (Å²) < 4.78 is 0. The highest BCUT2D eigenvalue weighted by Crippen LogP contribution is 2.17. The van der Waals surface area contributed by atoms with Gasteiger partial charge in [-0.25, -0.2) is 0 Å². The first-order valence-electron chi connectivity index (χ1n) is 5.33. The summed E-state index contributed by atoms with van der Waals surface area (Å²) in [4.78, 5) is 5.49. The third-order valence-electron chi connectivity index (χ3n) is 2.93. The summed E-state index contributed by atoms with van der Waals surface area (Å²) in [5.74, 6) is 0.489. The molecule has 2 N–H and O–H groups in total. The number of H-pyrrole nitrogens is 1. The summed E-state index contributed by atoms with van der Waals surface area (Å²) in [7, 11) is 0. The quantitative estimate of drug-likeness (QED) is 0.759. The first-order chi connectivity index (χ1) is 6.88. The van der Waals surface area contributed by atoms with Gasteiger partial charge in [0.1, 0.15) is 0 Å². The van der Waals surface area contributed by atoms with Gasteiger partial charge < -0.3 is 10.1 Å². The minimum absolute atomic E-state index is 0.337. The van der Waals surface area contributed by atoms with Crippen molar-refractivity contribution >= 4 is 0 Å². The van der Waals surface area contributed by atoms with Gasteiger partial charge in [0.25, 0.3) is 0 Å². The van der Waals surface area contributed by atoms with Crippen LogP contribution in [0.25, 0.3) is 0 Å². The molecule has 2 rings (SSSR count). The van der Waals surface area contributed by atoms with Gasteiger partial charge in [0.2, 0.25) is 0 Å². The second-order valence-corrected chi connectivity index (χ2v) is 4.15. The van der Waals surface area contributed by atoms with Gasteiger partial charge in [-0.15, -0.1) is 0 Å². The largest absolute Gasteiger partial charge is 0.396 e. The van der Waals surface area contributed by atoms with Gasteiger partial charge >= 0.3 is 0 Å². The van der Waals surface area contributed by atoms with Crippen LogP contribution in [0, 0.1) is 5.92 Å². The Bertz CT molecular complexity index is 258. The van der Waals surface area contributed by atoms with Crippen LogP contribution in [0.5, 0.6) is 0 Å². The van der Waals surface area contributed by atoms with Gasteiger partial charge in [0, 0.05) is 32.1 Å². The van der Waals surface area contributed by atoms with Crippen LogP contribution in [-0.4, -0.2) is 34.7 Å². The zero-order valence-corrected chi connectivity index (χ0v) is 8.45. The molecule has 0 saturated carbocycles. The average Bonchev–Trinajstić information content (AvgIpc) is 2.71. The molecular formula is C11H18N2O. The monoisotopic (exact) mass is 194 g/mol. The van der Waals surface area contributed by atoms with E-state index in [0.29, 0.717) is 12.5 Å². The summed E-state index contributed by atoms with van der Waals surface area (Å²) in [5.41, 5.74) is 1.34. The number of nitrogens with zero attached hydrogens (tertiary/aromatic N) is 1. The Balaban J connectivity index is 1.86. The van der Waals surface area contributed by atoms with Crippen molar-refractivity contribution < 1.29 is 5.11 Å². The molecule has 1 atom stereocenters. The lowest BCUT2D eigenvalue weighted by Gasteiger charge is -2.31. The molecule has 0 aliphatic carbocycles. The van der Waals surface area contributed by atoms with Crippen LogP contribution in [0.15, 0.2) is 18.5 Å². The zero-order chi connectivity index (χ0) is 9.80. The Kier molecular flexibility index (Phi) is 3.22. The smallest absolute Gasteiger partial charge is 0.0471 e. The molecule has 1 aliphatic heterocycles. The predicted octanol–water partition coefficient (Wildman–Crippen LogP) is 1.22. The fourth-order valence-corrected chi connectivity index (χ4v) is 2.16. The number of aromatic amines is 1. The van der Waals surface area contributed by atoms with Crippen molar-refractivity contribution in [1.29, 1.82) is 0 Å². The van der Waals surface area contributed by atoms with Crippen LogP contribution in [0.4, 0.5) is 0 Å². The number of aromatic nitrogens is 1. The van der Waals surface area contributed by atoms with Crippen molar-refractivity contribution in [3.8, 4) is 0 Å². The number of hydrogen-bond donors (Lipinski definition) is 2. The van der Waals surface area contributed by atoms with E-state index < -0.39 is 0 Å². The number of rotatable bonds is 3. The number of aliphatic hydroxyl groups is 1. The summed E-state index contributed by atoms with van der Waals surface area (Å²) in [6.07, 6.45) is 6.40. The predicted molar refractivity (Wildman–Crippen MR) is 55.9 cm³/mol. The van der Waals surface area contributed by atoms with E-state index in [0.717, 1.165) is 13.1 Å². The number of likely N-dealkylation sites (tertiary alicyclic amines) is 1. The lowest BCUT2D eigenvalue weighted by Crippen LogP contribution is -2.36. The molecule has 1 fully saturated rings. The molecule has 0 aromatic carbocycles. The van der Waals surface area contributed by atoms with Crippen molar-refractivity contribution in [3.63, 3.8) is 0 Å². The normalized spacial score (nSPS) is 23.9. The van der Waals surface area contributed by atoms with Gasteiger partial charge in [-0.3, -0.25) is 4.90 Å². The van der Waals surface area contributed by atoms with Crippen molar-refractivity contribution in [1.82, 2.24) is 9.88 Å². The third kappa shape index (κ3) is 2.36. The molecule has 0 radical (unpaired) electrons. The second kappa shape index (κ2) is 4.62. The van der Waals surface area contributed by atoms with Gasteiger partial charge in [-0.1, -0.05) is 0 Å². The third-order valence-corrected chi connectivity index (χ3v) is 2.93. The van der Waals surface area contributed by atoms with Gasteiger partial charge in [-0.2, -0.15) is 0 Å². The molecule has 78 valence electrons. The highest BCUT2D eigenvalue weighted by Gasteiger charge is 2.18.